The first-order valence-electron chi connectivity index (χ1n) is 5.97. The molecule has 0 saturated carbocycles. The van der Waals surface area contributed by atoms with Crippen LogP contribution in [0.3, 0.4) is 0 Å². The maximum Gasteiger partial charge on any atom is 0.285 e. The SMILES string of the molecule is CC1CCC(ON2C(=O)c3ccccc3C2=O)O1. The van der Waals surface area contributed by atoms with E-state index in [9.17, 15) is 9.59 Å². The van der Waals surface area contributed by atoms with Crippen molar-refractivity contribution in [2.75, 3.05) is 0 Å². The number of hydrogen-bond donors (Lipinski definition) is 0. The minimum absolute atomic E-state index is 0.102. The maximum absolute atomic E-state index is 12.0. The molecule has 0 aromatic heterocycles. The lowest BCUT2D eigenvalue weighted by Gasteiger charge is -2.18. The monoisotopic (exact) mass is 247 g/mol. The first kappa shape index (κ1) is 11.4. The van der Waals surface area contributed by atoms with Crippen LogP contribution >= 0.6 is 0 Å². The number of ether oxygens (including phenoxy) is 1. The quantitative estimate of drug-likeness (QED) is 0.747. The van der Waals surface area contributed by atoms with Crippen molar-refractivity contribution in [3.63, 3.8) is 0 Å². The molecule has 0 aliphatic carbocycles. The highest BCUT2D eigenvalue weighted by atomic mass is 16.8. The number of imide groups is 1. The van der Waals surface area contributed by atoms with Crippen molar-refractivity contribution in [1.29, 1.82) is 0 Å². The van der Waals surface area contributed by atoms with Crippen molar-refractivity contribution in [3.05, 3.63) is 35.4 Å². The summed E-state index contributed by atoms with van der Waals surface area (Å²) in [7, 11) is 0. The van der Waals surface area contributed by atoms with Crippen LogP contribution in [0.25, 0.3) is 0 Å². The number of rotatable bonds is 2. The molecule has 3 rings (SSSR count). The van der Waals surface area contributed by atoms with Gasteiger partial charge in [0.2, 0.25) is 0 Å². The van der Waals surface area contributed by atoms with E-state index in [2.05, 4.69) is 0 Å². The van der Waals surface area contributed by atoms with Gasteiger partial charge in [0.1, 0.15) is 0 Å². The third kappa shape index (κ3) is 1.72. The number of carbonyl (C=O) groups is 2. The Bertz CT molecular complexity index is 478. The Morgan fingerprint density at radius 3 is 2.28 bits per heavy atom. The molecule has 2 aliphatic rings. The molecule has 1 aromatic carbocycles. The molecule has 2 heterocycles. The summed E-state index contributed by atoms with van der Waals surface area (Å²) in [5.41, 5.74) is 0.766. The molecule has 0 radical (unpaired) electrons. The van der Waals surface area contributed by atoms with Crippen LogP contribution in [-0.4, -0.2) is 29.3 Å². The molecular weight excluding hydrogens is 234 g/mol. The predicted octanol–water partition coefficient (Wildman–Crippen LogP) is 1.74. The van der Waals surface area contributed by atoms with Crippen molar-refractivity contribution in [3.8, 4) is 0 Å². The van der Waals surface area contributed by atoms with Gasteiger partial charge in [-0.25, -0.2) is 4.84 Å². The number of fused-ring (bicyclic) bond motifs is 1. The summed E-state index contributed by atoms with van der Waals surface area (Å²) in [4.78, 5) is 29.4. The lowest BCUT2D eigenvalue weighted by Crippen LogP contribution is -2.34. The first-order chi connectivity index (χ1) is 8.66. The molecule has 1 fully saturated rings. The molecule has 2 atom stereocenters. The van der Waals surface area contributed by atoms with Gasteiger partial charge in [0, 0.05) is 6.42 Å². The van der Waals surface area contributed by atoms with Crippen LogP contribution < -0.4 is 0 Å². The van der Waals surface area contributed by atoms with E-state index in [1.807, 2.05) is 6.92 Å². The third-order valence-corrected chi connectivity index (χ3v) is 3.17. The zero-order valence-corrected chi connectivity index (χ0v) is 9.96. The highest BCUT2D eigenvalue weighted by molar-refractivity contribution is 6.20. The van der Waals surface area contributed by atoms with Gasteiger partial charge in [-0.15, -0.1) is 5.06 Å². The summed E-state index contributed by atoms with van der Waals surface area (Å²) in [6.45, 7) is 1.94. The molecule has 2 unspecified atom stereocenters. The van der Waals surface area contributed by atoms with Gasteiger partial charge < -0.3 is 4.74 Å². The molecule has 18 heavy (non-hydrogen) atoms. The van der Waals surface area contributed by atoms with Crippen LogP contribution in [0.4, 0.5) is 0 Å². The van der Waals surface area contributed by atoms with Crippen LogP contribution in [0.1, 0.15) is 40.5 Å². The fraction of sp³-hybridized carbons (Fsp3) is 0.385. The predicted molar refractivity (Wildman–Crippen MR) is 61.6 cm³/mol. The van der Waals surface area contributed by atoms with Crippen LogP contribution in [0.15, 0.2) is 24.3 Å². The lowest BCUT2D eigenvalue weighted by molar-refractivity contribution is -0.224. The van der Waals surface area contributed by atoms with Crippen molar-refractivity contribution in [1.82, 2.24) is 5.06 Å². The summed E-state index contributed by atoms with van der Waals surface area (Å²) in [5, 5.41) is 0.813. The molecule has 2 aliphatic heterocycles. The van der Waals surface area contributed by atoms with Crippen molar-refractivity contribution >= 4 is 11.8 Å². The van der Waals surface area contributed by atoms with E-state index in [-0.39, 0.29) is 6.10 Å². The number of nitrogens with zero attached hydrogens (tertiary/aromatic N) is 1. The topological polar surface area (TPSA) is 55.8 Å². The minimum Gasteiger partial charge on any atom is -0.347 e. The Morgan fingerprint density at radius 1 is 1.17 bits per heavy atom. The Balaban J connectivity index is 1.80. The Hall–Kier alpha value is -1.72. The van der Waals surface area contributed by atoms with Crippen LogP contribution in [0.2, 0.25) is 0 Å². The van der Waals surface area contributed by atoms with Crippen LogP contribution in [0.5, 0.6) is 0 Å². The number of hydrogen-bond acceptors (Lipinski definition) is 4. The average molecular weight is 247 g/mol. The molecule has 94 valence electrons. The van der Waals surface area contributed by atoms with Crippen molar-refractivity contribution in [2.24, 2.45) is 0 Å². The first-order valence-corrected chi connectivity index (χ1v) is 5.97. The van der Waals surface area contributed by atoms with Gasteiger partial charge in [-0.2, -0.15) is 0 Å². The molecule has 0 spiro atoms. The summed E-state index contributed by atoms with van der Waals surface area (Å²) < 4.78 is 5.45. The fourth-order valence-electron chi connectivity index (χ4n) is 2.22. The lowest BCUT2D eigenvalue weighted by atomic mass is 10.1. The number of hydroxylamine groups is 2. The largest absolute Gasteiger partial charge is 0.347 e. The molecule has 0 bridgehead atoms. The van der Waals surface area contributed by atoms with Crippen LogP contribution in [-0.2, 0) is 9.57 Å². The van der Waals surface area contributed by atoms with E-state index in [1.165, 1.54) is 0 Å². The summed E-state index contributed by atoms with van der Waals surface area (Å²) >= 11 is 0. The zero-order chi connectivity index (χ0) is 12.7. The molecule has 5 heteroatoms. The van der Waals surface area contributed by atoms with Crippen molar-refractivity contribution in [2.45, 2.75) is 32.2 Å². The second-order valence-electron chi connectivity index (χ2n) is 4.51. The molecule has 1 saturated heterocycles. The average Bonchev–Trinajstić information content (AvgIpc) is 2.88. The fourth-order valence-corrected chi connectivity index (χ4v) is 2.22. The Kier molecular flexibility index (Phi) is 2.65. The van der Waals surface area contributed by atoms with E-state index in [0.29, 0.717) is 17.5 Å². The molecule has 2 amide bonds. The molecule has 1 aromatic rings. The van der Waals surface area contributed by atoms with E-state index in [0.717, 1.165) is 11.5 Å². The number of carbonyl (C=O) groups excluding carboxylic acids is 2. The van der Waals surface area contributed by atoms with E-state index >= 15 is 0 Å². The zero-order valence-electron chi connectivity index (χ0n) is 9.96. The smallest absolute Gasteiger partial charge is 0.285 e. The number of benzene rings is 1. The standard InChI is InChI=1S/C13H13NO4/c1-8-6-7-11(17-8)18-14-12(15)9-4-2-3-5-10(9)13(14)16/h2-5,8,11H,6-7H2,1H3. The second kappa shape index (κ2) is 4.19. The highest BCUT2D eigenvalue weighted by Gasteiger charge is 2.39. The third-order valence-electron chi connectivity index (χ3n) is 3.17. The van der Waals surface area contributed by atoms with E-state index in [1.54, 1.807) is 24.3 Å². The molecule has 5 nitrogen and oxygen atoms in total. The Labute approximate surface area is 104 Å². The normalized spacial score (nSPS) is 26.8. The van der Waals surface area contributed by atoms with Gasteiger partial charge in [0.15, 0.2) is 6.29 Å². The highest BCUT2D eigenvalue weighted by Crippen LogP contribution is 2.27. The van der Waals surface area contributed by atoms with Crippen molar-refractivity contribution < 1.29 is 19.2 Å². The number of amides is 2. The summed E-state index contributed by atoms with van der Waals surface area (Å²) in [6.07, 6.45) is 1.15. The second-order valence-corrected chi connectivity index (χ2v) is 4.51. The Morgan fingerprint density at radius 2 is 1.78 bits per heavy atom. The van der Waals surface area contributed by atoms with E-state index in [4.69, 9.17) is 9.57 Å². The maximum atomic E-state index is 12.0. The van der Waals surface area contributed by atoms with Gasteiger partial charge in [0.05, 0.1) is 17.2 Å². The summed E-state index contributed by atoms with van der Waals surface area (Å²) in [5.74, 6) is -0.836. The van der Waals surface area contributed by atoms with Gasteiger partial charge >= 0.3 is 0 Å². The molecular formula is C13H13NO4. The van der Waals surface area contributed by atoms with E-state index < -0.39 is 18.1 Å². The van der Waals surface area contributed by atoms with Crippen LogP contribution in [0, 0.1) is 0 Å². The van der Waals surface area contributed by atoms with Gasteiger partial charge in [-0.1, -0.05) is 12.1 Å². The molecule has 0 N–H and O–H groups in total. The minimum atomic E-state index is -0.512. The summed E-state index contributed by atoms with van der Waals surface area (Å²) in [6, 6.07) is 6.69. The van der Waals surface area contributed by atoms with Gasteiger partial charge in [0.25, 0.3) is 11.8 Å². The van der Waals surface area contributed by atoms with Gasteiger partial charge in [-0.05, 0) is 25.5 Å². The van der Waals surface area contributed by atoms with Gasteiger partial charge in [-0.3, -0.25) is 9.59 Å².